The van der Waals surface area contributed by atoms with Gasteiger partial charge in [0.1, 0.15) is 0 Å². The minimum Gasteiger partial charge on any atom is -0.372 e. The van der Waals surface area contributed by atoms with E-state index in [1.54, 1.807) is 13.8 Å². The first-order chi connectivity index (χ1) is 11.4. The van der Waals surface area contributed by atoms with Gasteiger partial charge < -0.3 is 8.37 Å². The zero-order chi connectivity index (χ0) is 19.5. The summed E-state index contributed by atoms with van der Waals surface area (Å²) in [4.78, 5) is 26.0. The van der Waals surface area contributed by atoms with Crippen LogP contribution >= 0.6 is 9.72 Å². The minimum atomic E-state index is -4.01. The molecule has 0 unspecified atom stereocenters. The van der Waals surface area contributed by atoms with Gasteiger partial charge in [0.2, 0.25) is 0 Å². The van der Waals surface area contributed by atoms with Crippen LogP contribution in [0.3, 0.4) is 0 Å². The molecule has 0 N–H and O–H groups in total. The summed E-state index contributed by atoms with van der Waals surface area (Å²) in [6.45, 7) is 15.5. The van der Waals surface area contributed by atoms with Gasteiger partial charge in [-0.1, -0.05) is 32.0 Å². The van der Waals surface area contributed by atoms with Crippen LogP contribution in [-0.4, -0.2) is 21.4 Å². The summed E-state index contributed by atoms with van der Waals surface area (Å²) in [5, 5.41) is 0. The predicted octanol–water partition coefficient (Wildman–Crippen LogP) is 5.45. The fourth-order valence-electron chi connectivity index (χ4n) is 3.67. The van der Waals surface area contributed by atoms with Crippen molar-refractivity contribution in [2.75, 3.05) is 0 Å². The molecule has 1 aromatic carbocycles. The van der Waals surface area contributed by atoms with Crippen molar-refractivity contribution in [3.63, 3.8) is 0 Å². The average Bonchev–Trinajstić information content (AvgIpc) is 2.52. The van der Waals surface area contributed by atoms with Gasteiger partial charge in [0.25, 0.3) is 0 Å². The van der Waals surface area contributed by atoms with Crippen LogP contribution in [0.25, 0.3) is 0 Å². The summed E-state index contributed by atoms with van der Waals surface area (Å²) in [7, 11) is -4.01. The molecule has 0 spiro atoms. The van der Waals surface area contributed by atoms with Crippen molar-refractivity contribution in [2.24, 2.45) is 0 Å². The van der Waals surface area contributed by atoms with E-state index in [-0.39, 0.29) is 24.8 Å². The SMILES string of the molecule is CCC(=O)O[SH](OC(=O)CC)(c1ccccc1)(C(C)(C)C)C(C)(C)C. The molecule has 0 atom stereocenters. The second kappa shape index (κ2) is 7.02. The van der Waals surface area contributed by atoms with Gasteiger partial charge in [-0.15, -0.1) is 0 Å². The number of carbonyl (C=O) groups excluding carboxylic acids is 2. The van der Waals surface area contributed by atoms with E-state index >= 15 is 0 Å². The molecule has 0 fully saturated rings. The molecule has 0 bridgehead atoms. The van der Waals surface area contributed by atoms with E-state index in [9.17, 15) is 9.59 Å². The smallest absolute Gasteiger partial charge is 0.325 e. The second-order valence-electron chi connectivity index (χ2n) is 8.27. The molecular weight excluding hydrogens is 336 g/mol. The van der Waals surface area contributed by atoms with Crippen molar-refractivity contribution in [1.29, 1.82) is 0 Å². The number of benzene rings is 1. The van der Waals surface area contributed by atoms with Gasteiger partial charge in [0, 0.05) is 27.2 Å². The molecule has 0 aromatic heterocycles. The van der Waals surface area contributed by atoms with Crippen LogP contribution in [0.2, 0.25) is 0 Å². The summed E-state index contributed by atoms with van der Waals surface area (Å²) < 4.78 is 11.4. The highest BCUT2D eigenvalue weighted by molar-refractivity contribution is 8.44. The molecular formula is C20H34O4S. The van der Waals surface area contributed by atoms with E-state index < -0.39 is 19.2 Å². The topological polar surface area (TPSA) is 52.6 Å². The highest BCUT2D eigenvalue weighted by Crippen LogP contribution is 2.90. The van der Waals surface area contributed by atoms with E-state index in [2.05, 4.69) is 0 Å². The van der Waals surface area contributed by atoms with Gasteiger partial charge in [0.05, 0.1) is 0 Å². The Labute approximate surface area is 153 Å². The van der Waals surface area contributed by atoms with E-state index in [0.29, 0.717) is 0 Å². The van der Waals surface area contributed by atoms with Crippen LogP contribution in [0.5, 0.6) is 0 Å². The molecule has 1 aromatic rings. The van der Waals surface area contributed by atoms with Crippen LogP contribution in [-0.2, 0) is 18.0 Å². The Hall–Kier alpha value is -1.49. The van der Waals surface area contributed by atoms with Gasteiger partial charge in [-0.25, -0.2) is 9.72 Å². The summed E-state index contributed by atoms with van der Waals surface area (Å²) in [5.41, 5.74) is 0. The lowest BCUT2D eigenvalue weighted by Gasteiger charge is -2.79. The molecule has 0 aliphatic carbocycles. The van der Waals surface area contributed by atoms with Gasteiger partial charge in [-0.2, -0.15) is 0 Å². The van der Waals surface area contributed by atoms with Crippen LogP contribution in [0.15, 0.2) is 35.2 Å². The van der Waals surface area contributed by atoms with Crippen molar-refractivity contribution in [3.8, 4) is 0 Å². The van der Waals surface area contributed by atoms with E-state index in [4.69, 9.17) is 8.37 Å². The fraction of sp³-hybridized carbons (Fsp3) is 0.600. The van der Waals surface area contributed by atoms with E-state index in [1.165, 1.54) is 0 Å². The average molecular weight is 371 g/mol. The largest absolute Gasteiger partial charge is 0.372 e. The standard InChI is InChI=1S/C20H34O4S/c1-9-17(21)23-25(19(3,4)5,20(6,7)8,24-18(22)10-2)16-14-12-11-13-15-16/h11-15,25H,9-10H2,1-8H3. The molecule has 5 heteroatoms. The van der Waals surface area contributed by atoms with Gasteiger partial charge in [-0.05, 0) is 53.7 Å². The maximum atomic E-state index is 12.6. The molecule has 0 radical (unpaired) electrons. The van der Waals surface area contributed by atoms with Crippen LogP contribution in [0.4, 0.5) is 0 Å². The lowest BCUT2D eigenvalue weighted by atomic mass is 10.2. The molecule has 25 heavy (non-hydrogen) atoms. The lowest BCUT2D eigenvalue weighted by Crippen LogP contribution is -2.54. The van der Waals surface area contributed by atoms with Crippen LogP contribution in [0.1, 0.15) is 68.2 Å². The summed E-state index contributed by atoms with van der Waals surface area (Å²) in [5.74, 6) is -0.703. The molecule has 4 nitrogen and oxygen atoms in total. The molecule has 0 saturated carbocycles. The Balaban J connectivity index is 4.06. The summed E-state index contributed by atoms with van der Waals surface area (Å²) in [6.07, 6.45) is 0.446. The van der Waals surface area contributed by atoms with Gasteiger partial charge in [0.15, 0.2) is 0 Å². The number of carbonyl (C=O) groups is 2. The first kappa shape index (κ1) is 21.6. The molecule has 0 amide bonds. The molecule has 0 aliphatic rings. The number of rotatable bonds is 5. The number of thiol groups is 1. The van der Waals surface area contributed by atoms with Crippen LogP contribution in [0, 0.1) is 0 Å². The highest BCUT2D eigenvalue weighted by atomic mass is 32.3. The lowest BCUT2D eigenvalue weighted by molar-refractivity contribution is -0.138. The summed E-state index contributed by atoms with van der Waals surface area (Å²) in [6, 6.07) is 9.53. The van der Waals surface area contributed by atoms with E-state index in [0.717, 1.165) is 4.90 Å². The first-order valence-electron chi connectivity index (χ1n) is 8.88. The van der Waals surface area contributed by atoms with Crippen molar-refractivity contribution < 1.29 is 18.0 Å². The van der Waals surface area contributed by atoms with E-state index in [1.807, 2.05) is 71.9 Å². The van der Waals surface area contributed by atoms with Gasteiger partial charge >= 0.3 is 11.9 Å². The summed E-state index contributed by atoms with van der Waals surface area (Å²) >= 11 is 0. The zero-order valence-electron chi connectivity index (χ0n) is 16.9. The second-order valence-corrected chi connectivity index (χ2v) is 13.7. The third-order valence-electron chi connectivity index (χ3n) is 4.79. The van der Waals surface area contributed by atoms with Crippen molar-refractivity contribution in [1.82, 2.24) is 0 Å². The number of hydrogen-bond acceptors (Lipinski definition) is 4. The predicted molar refractivity (Wildman–Crippen MR) is 106 cm³/mol. The van der Waals surface area contributed by atoms with Gasteiger partial charge in [-0.3, -0.25) is 9.59 Å². The molecule has 0 heterocycles. The van der Waals surface area contributed by atoms with Crippen molar-refractivity contribution >= 4 is 21.7 Å². The Kier molecular flexibility index (Phi) is 6.05. The monoisotopic (exact) mass is 370 g/mol. The molecule has 144 valence electrons. The Bertz CT molecular complexity index is 587. The minimum absolute atomic E-state index is 0.223. The number of hydrogen-bond donors (Lipinski definition) is 1. The normalized spacial score (nSPS) is 14.3. The molecule has 0 aliphatic heterocycles. The van der Waals surface area contributed by atoms with Crippen molar-refractivity contribution in [2.45, 2.75) is 82.6 Å². The maximum absolute atomic E-state index is 12.6. The Morgan fingerprint density at radius 2 is 1.16 bits per heavy atom. The fourth-order valence-corrected chi connectivity index (χ4v) is 10.3. The van der Waals surface area contributed by atoms with Crippen LogP contribution < -0.4 is 0 Å². The third-order valence-corrected chi connectivity index (χ3v) is 12.0. The zero-order valence-corrected chi connectivity index (χ0v) is 17.8. The third kappa shape index (κ3) is 3.19. The molecule has 1 rings (SSSR count). The first-order valence-corrected chi connectivity index (χ1v) is 11.0. The Morgan fingerprint density at radius 3 is 1.44 bits per heavy atom. The quantitative estimate of drug-likeness (QED) is 0.700. The highest BCUT2D eigenvalue weighted by Gasteiger charge is 2.59. The Morgan fingerprint density at radius 1 is 0.800 bits per heavy atom. The maximum Gasteiger partial charge on any atom is 0.325 e. The van der Waals surface area contributed by atoms with Crippen molar-refractivity contribution in [3.05, 3.63) is 30.3 Å². The molecule has 0 saturated heterocycles.